The standard InChI is InChI=1S/C11H23NO3/c1-6-15-10(14)8(2)7-12-11(4,5)9(3)13/h8-9,12-13H,6-7H2,1-5H3. The van der Waals surface area contributed by atoms with Gasteiger partial charge in [-0.1, -0.05) is 6.92 Å². The molecule has 0 rings (SSSR count). The van der Waals surface area contributed by atoms with Crippen LogP contribution < -0.4 is 5.32 Å². The summed E-state index contributed by atoms with van der Waals surface area (Å²) in [6.07, 6.45) is -0.466. The van der Waals surface area contributed by atoms with Gasteiger partial charge in [0.1, 0.15) is 0 Å². The number of aliphatic hydroxyl groups excluding tert-OH is 1. The molecule has 15 heavy (non-hydrogen) atoms. The molecule has 0 spiro atoms. The Morgan fingerprint density at radius 1 is 1.47 bits per heavy atom. The van der Waals surface area contributed by atoms with Gasteiger partial charge in [-0.05, 0) is 27.7 Å². The molecule has 0 aromatic heterocycles. The van der Waals surface area contributed by atoms with E-state index >= 15 is 0 Å². The number of hydrogen-bond donors (Lipinski definition) is 2. The van der Waals surface area contributed by atoms with E-state index in [4.69, 9.17) is 4.74 Å². The molecule has 0 fully saturated rings. The Labute approximate surface area is 92.0 Å². The quantitative estimate of drug-likeness (QED) is 0.650. The lowest BCUT2D eigenvalue weighted by molar-refractivity contribution is -0.147. The van der Waals surface area contributed by atoms with Crippen molar-refractivity contribution in [3.8, 4) is 0 Å². The summed E-state index contributed by atoms with van der Waals surface area (Å²) in [5.74, 6) is -0.394. The lowest BCUT2D eigenvalue weighted by Crippen LogP contribution is -2.50. The highest BCUT2D eigenvalue weighted by atomic mass is 16.5. The van der Waals surface area contributed by atoms with Crippen LogP contribution in [0.4, 0.5) is 0 Å². The average molecular weight is 217 g/mol. The van der Waals surface area contributed by atoms with Gasteiger partial charge in [-0.3, -0.25) is 4.79 Å². The highest BCUT2D eigenvalue weighted by Crippen LogP contribution is 2.09. The van der Waals surface area contributed by atoms with Crippen LogP contribution in [0.25, 0.3) is 0 Å². The van der Waals surface area contributed by atoms with Gasteiger partial charge in [0.25, 0.3) is 0 Å². The predicted octanol–water partition coefficient (Wildman–Crippen LogP) is 0.935. The van der Waals surface area contributed by atoms with Gasteiger partial charge >= 0.3 is 5.97 Å². The summed E-state index contributed by atoms with van der Waals surface area (Å²) in [5, 5.41) is 12.6. The second-order valence-corrected chi connectivity index (χ2v) is 4.43. The highest BCUT2D eigenvalue weighted by Gasteiger charge is 2.25. The molecule has 2 N–H and O–H groups in total. The molecule has 0 aromatic rings. The first-order chi connectivity index (χ1) is 6.81. The summed E-state index contributed by atoms with van der Waals surface area (Å²) in [5.41, 5.74) is -0.388. The lowest BCUT2D eigenvalue weighted by Gasteiger charge is -2.30. The minimum atomic E-state index is -0.466. The minimum absolute atomic E-state index is 0.192. The predicted molar refractivity (Wildman–Crippen MR) is 59.6 cm³/mol. The van der Waals surface area contributed by atoms with E-state index < -0.39 is 6.10 Å². The molecule has 4 heteroatoms. The van der Waals surface area contributed by atoms with Crippen molar-refractivity contribution in [2.24, 2.45) is 5.92 Å². The normalized spacial score (nSPS) is 15.9. The summed E-state index contributed by atoms with van der Waals surface area (Å²) < 4.78 is 4.89. The van der Waals surface area contributed by atoms with E-state index in [9.17, 15) is 9.90 Å². The molecule has 4 nitrogen and oxygen atoms in total. The SMILES string of the molecule is CCOC(=O)C(C)CNC(C)(C)C(C)O. The summed E-state index contributed by atoms with van der Waals surface area (Å²) in [7, 11) is 0. The van der Waals surface area contributed by atoms with Gasteiger partial charge in [-0.25, -0.2) is 0 Å². The molecule has 2 atom stereocenters. The number of hydrogen-bond acceptors (Lipinski definition) is 4. The Hall–Kier alpha value is -0.610. The van der Waals surface area contributed by atoms with Crippen LogP contribution in [0.15, 0.2) is 0 Å². The van der Waals surface area contributed by atoms with E-state index in [0.29, 0.717) is 13.2 Å². The van der Waals surface area contributed by atoms with Gasteiger partial charge in [-0.15, -0.1) is 0 Å². The molecule has 2 unspecified atom stereocenters. The lowest BCUT2D eigenvalue weighted by atomic mass is 9.98. The van der Waals surface area contributed by atoms with E-state index in [1.54, 1.807) is 13.8 Å². The summed E-state index contributed by atoms with van der Waals surface area (Å²) in [6, 6.07) is 0. The van der Waals surface area contributed by atoms with Crippen molar-refractivity contribution in [2.45, 2.75) is 46.3 Å². The molecule has 0 aromatic carbocycles. The van der Waals surface area contributed by atoms with Gasteiger partial charge in [-0.2, -0.15) is 0 Å². The van der Waals surface area contributed by atoms with Crippen molar-refractivity contribution in [3.63, 3.8) is 0 Å². The van der Waals surface area contributed by atoms with Gasteiger partial charge in [0.05, 0.1) is 18.6 Å². The van der Waals surface area contributed by atoms with Crippen LogP contribution in [-0.2, 0) is 9.53 Å². The Morgan fingerprint density at radius 3 is 2.40 bits per heavy atom. The Bertz CT molecular complexity index is 202. The van der Waals surface area contributed by atoms with Crippen molar-refractivity contribution in [1.29, 1.82) is 0 Å². The van der Waals surface area contributed by atoms with Crippen molar-refractivity contribution < 1.29 is 14.6 Å². The van der Waals surface area contributed by atoms with E-state index in [2.05, 4.69) is 5.32 Å². The van der Waals surface area contributed by atoms with Crippen LogP contribution in [0.2, 0.25) is 0 Å². The first-order valence-corrected chi connectivity index (χ1v) is 5.41. The average Bonchev–Trinajstić information content (AvgIpc) is 2.14. The molecular formula is C11H23NO3. The highest BCUT2D eigenvalue weighted by molar-refractivity contribution is 5.72. The maximum Gasteiger partial charge on any atom is 0.309 e. The van der Waals surface area contributed by atoms with Gasteiger partial charge in [0, 0.05) is 12.1 Å². The van der Waals surface area contributed by atoms with Crippen molar-refractivity contribution >= 4 is 5.97 Å². The van der Waals surface area contributed by atoms with E-state index in [-0.39, 0.29) is 17.4 Å². The summed E-state index contributed by atoms with van der Waals surface area (Å²) in [4.78, 5) is 11.3. The van der Waals surface area contributed by atoms with Gasteiger partial charge in [0.2, 0.25) is 0 Å². The number of rotatable bonds is 6. The van der Waals surface area contributed by atoms with Crippen molar-refractivity contribution in [1.82, 2.24) is 5.32 Å². The first-order valence-electron chi connectivity index (χ1n) is 5.41. The Balaban J connectivity index is 3.99. The number of ether oxygens (including phenoxy) is 1. The Kier molecular flexibility index (Phi) is 5.83. The van der Waals surface area contributed by atoms with E-state index in [0.717, 1.165) is 0 Å². The fraction of sp³-hybridized carbons (Fsp3) is 0.909. The fourth-order valence-electron chi connectivity index (χ4n) is 0.932. The zero-order valence-electron chi connectivity index (χ0n) is 10.3. The zero-order valence-corrected chi connectivity index (χ0v) is 10.3. The molecule has 90 valence electrons. The molecule has 0 aliphatic rings. The topological polar surface area (TPSA) is 58.6 Å². The number of carbonyl (C=O) groups is 1. The summed E-state index contributed by atoms with van der Waals surface area (Å²) in [6.45, 7) is 10.0. The fourth-order valence-corrected chi connectivity index (χ4v) is 0.932. The van der Waals surface area contributed by atoms with E-state index in [1.807, 2.05) is 20.8 Å². The van der Waals surface area contributed by atoms with Crippen LogP contribution in [-0.4, -0.2) is 35.9 Å². The number of carbonyl (C=O) groups excluding carboxylic acids is 1. The van der Waals surface area contributed by atoms with Gasteiger partial charge < -0.3 is 15.2 Å². The molecular weight excluding hydrogens is 194 g/mol. The molecule has 0 saturated carbocycles. The molecule has 0 aliphatic heterocycles. The number of esters is 1. The molecule has 0 radical (unpaired) electrons. The third kappa shape index (κ3) is 5.14. The van der Waals surface area contributed by atoms with Crippen molar-refractivity contribution in [3.05, 3.63) is 0 Å². The van der Waals surface area contributed by atoms with Crippen LogP contribution in [0.3, 0.4) is 0 Å². The largest absolute Gasteiger partial charge is 0.466 e. The van der Waals surface area contributed by atoms with Gasteiger partial charge in [0.15, 0.2) is 0 Å². The second-order valence-electron chi connectivity index (χ2n) is 4.43. The first kappa shape index (κ1) is 14.4. The van der Waals surface area contributed by atoms with Crippen LogP contribution in [0.1, 0.15) is 34.6 Å². The molecule has 0 bridgehead atoms. The maximum atomic E-state index is 11.3. The molecule has 0 saturated heterocycles. The second kappa shape index (κ2) is 6.08. The van der Waals surface area contributed by atoms with Crippen LogP contribution in [0, 0.1) is 5.92 Å². The monoisotopic (exact) mass is 217 g/mol. The molecule has 0 heterocycles. The molecule has 0 amide bonds. The van der Waals surface area contributed by atoms with E-state index in [1.165, 1.54) is 0 Å². The van der Waals surface area contributed by atoms with Crippen molar-refractivity contribution in [2.75, 3.05) is 13.2 Å². The van der Waals surface area contributed by atoms with Crippen LogP contribution in [0.5, 0.6) is 0 Å². The molecule has 0 aliphatic carbocycles. The van der Waals surface area contributed by atoms with Crippen LogP contribution >= 0.6 is 0 Å². The Morgan fingerprint density at radius 2 is 2.00 bits per heavy atom. The zero-order chi connectivity index (χ0) is 12.1. The smallest absolute Gasteiger partial charge is 0.309 e. The summed E-state index contributed by atoms with van der Waals surface area (Å²) >= 11 is 0. The third-order valence-corrected chi connectivity index (χ3v) is 2.60. The number of nitrogens with one attached hydrogen (secondary N) is 1. The maximum absolute atomic E-state index is 11.3. The third-order valence-electron chi connectivity index (χ3n) is 2.60. The number of aliphatic hydroxyl groups is 1. The minimum Gasteiger partial charge on any atom is -0.466 e.